The van der Waals surface area contributed by atoms with Gasteiger partial charge in [-0.25, -0.2) is 0 Å². The van der Waals surface area contributed by atoms with Gasteiger partial charge in [0, 0.05) is 12.0 Å². The lowest BCUT2D eigenvalue weighted by molar-refractivity contribution is -0.0937. The predicted octanol–water partition coefficient (Wildman–Crippen LogP) is 3.02. The summed E-state index contributed by atoms with van der Waals surface area (Å²) in [5, 5.41) is 0. The van der Waals surface area contributed by atoms with Gasteiger partial charge in [0.25, 0.3) is 0 Å². The van der Waals surface area contributed by atoms with Crippen LogP contribution in [0.5, 0.6) is 5.75 Å². The van der Waals surface area contributed by atoms with Crippen molar-refractivity contribution in [3.05, 3.63) is 24.3 Å². The molecule has 0 unspecified atom stereocenters. The smallest absolute Gasteiger partial charge is 0.494 e. The van der Waals surface area contributed by atoms with E-state index < -0.39 is 0 Å². The summed E-state index contributed by atoms with van der Waals surface area (Å²) in [4.78, 5) is 0. The maximum absolute atomic E-state index is 6.13. The van der Waals surface area contributed by atoms with Crippen molar-refractivity contribution in [2.24, 2.45) is 5.41 Å². The minimum atomic E-state index is -0.293. The zero-order valence-corrected chi connectivity index (χ0v) is 13.2. The van der Waals surface area contributed by atoms with E-state index in [1.165, 1.54) is 0 Å². The molecule has 20 heavy (non-hydrogen) atoms. The fourth-order valence-electron chi connectivity index (χ4n) is 2.02. The van der Waals surface area contributed by atoms with E-state index in [1.807, 2.05) is 24.3 Å². The van der Waals surface area contributed by atoms with Crippen LogP contribution in [0.3, 0.4) is 0 Å². The van der Waals surface area contributed by atoms with Crippen LogP contribution in [0.25, 0.3) is 0 Å². The maximum Gasteiger partial charge on any atom is 0.494 e. The molecule has 0 amide bonds. The van der Waals surface area contributed by atoms with Crippen LogP contribution in [-0.4, -0.2) is 25.9 Å². The van der Waals surface area contributed by atoms with Crippen LogP contribution in [0.15, 0.2) is 24.3 Å². The van der Waals surface area contributed by atoms with Gasteiger partial charge in [0.15, 0.2) is 0 Å². The Balaban J connectivity index is 2.06. The summed E-state index contributed by atoms with van der Waals surface area (Å²) in [6.45, 7) is 12.1. The second kappa shape index (κ2) is 5.78. The Morgan fingerprint density at radius 3 is 2.35 bits per heavy atom. The molecule has 1 heterocycles. The van der Waals surface area contributed by atoms with E-state index >= 15 is 0 Å². The van der Waals surface area contributed by atoms with E-state index in [9.17, 15) is 0 Å². The van der Waals surface area contributed by atoms with E-state index in [4.69, 9.17) is 14.0 Å². The average Bonchev–Trinajstić information content (AvgIpc) is 2.40. The third-order valence-electron chi connectivity index (χ3n) is 4.25. The molecule has 0 saturated carbocycles. The van der Waals surface area contributed by atoms with Gasteiger partial charge in [0.05, 0.1) is 12.2 Å². The number of hydrogen-bond acceptors (Lipinski definition) is 3. The van der Waals surface area contributed by atoms with Crippen LogP contribution in [0.1, 0.15) is 41.0 Å². The monoisotopic (exact) mass is 276 g/mol. The Hall–Kier alpha value is -0.995. The van der Waals surface area contributed by atoms with E-state index in [2.05, 4.69) is 34.6 Å². The Bertz CT molecular complexity index is 440. The first-order valence-electron chi connectivity index (χ1n) is 7.38. The highest BCUT2D eigenvalue weighted by Crippen LogP contribution is 2.38. The fourth-order valence-corrected chi connectivity index (χ4v) is 2.02. The van der Waals surface area contributed by atoms with Gasteiger partial charge in [0.1, 0.15) is 5.75 Å². The van der Waals surface area contributed by atoms with Crippen LogP contribution < -0.4 is 10.2 Å². The molecule has 0 radical (unpaired) electrons. The molecule has 0 bridgehead atoms. The molecule has 110 valence electrons. The summed E-state index contributed by atoms with van der Waals surface area (Å²) in [5.74, 6) is 0.894. The molecule has 2 rings (SSSR count). The van der Waals surface area contributed by atoms with Gasteiger partial charge in [-0.05, 0) is 37.9 Å². The largest absolute Gasteiger partial charge is 0.494 e. The zero-order valence-electron chi connectivity index (χ0n) is 13.2. The quantitative estimate of drug-likeness (QED) is 0.791. The van der Waals surface area contributed by atoms with Crippen molar-refractivity contribution in [2.75, 3.05) is 13.2 Å². The SMILES string of the molecule is CCCOc1ccc(B2OCC(C)(C)C(C)(C)O2)cc1. The molecule has 0 aromatic heterocycles. The first-order valence-corrected chi connectivity index (χ1v) is 7.38. The first kappa shape index (κ1) is 15.4. The second-order valence-electron chi connectivity index (χ2n) is 6.57. The maximum atomic E-state index is 6.13. The molecular formula is C16H25BO3. The van der Waals surface area contributed by atoms with Gasteiger partial charge in [-0.3, -0.25) is 0 Å². The van der Waals surface area contributed by atoms with Crippen LogP contribution in [0, 0.1) is 5.41 Å². The number of rotatable bonds is 4. The summed E-state index contributed by atoms with van der Waals surface area (Å²) < 4.78 is 17.6. The molecule has 0 aliphatic carbocycles. The van der Waals surface area contributed by atoms with Crippen LogP contribution in [0.2, 0.25) is 0 Å². The summed E-state index contributed by atoms with van der Waals surface area (Å²) >= 11 is 0. The lowest BCUT2D eigenvalue weighted by Crippen LogP contribution is -2.58. The minimum absolute atomic E-state index is 0.00762. The van der Waals surface area contributed by atoms with Crippen molar-refractivity contribution in [3.63, 3.8) is 0 Å². The molecule has 0 spiro atoms. The Labute approximate surface area is 122 Å². The summed E-state index contributed by atoms with van der Waals surface area (Å²) in [7, 11) is -0.293. The van der Waals surface area contributed by atoms with Gasteiger partial charge in [-0.15, -0.1) is 0 Å². The van der Waals surface area contributed by atoms with E-state index in [0.717, 1.165) is 24.2 Å². The molecule has 4 heteroatoms. The molecule has 1 saturated heterocycles. The molecule has 1 aliphatic rings. The highest BCUT2D eigenvalue weighted by atomic mass is 16.6. The van der Waals surface area contributed by atoms with E-state index in [-0.39, 0.29) is 18.1 Å². The first-order chi connectivity index (χ1) is 9.36. The lowest BCUT2D eigenvalue weighted by Gasteiger charge is -2.47. The highest BCUT2D eigenvalue weighted by molar-refractivity contribution is 6.61. The Kier molecular flexibility index (Phi) is 4.45. The highest BCUT2D eigenvalue weighted by Gasteiger charge is 2.46. The van der Waals surface area contributed by atoms with Crippen LogP contribution in [0.4, 0.5) is 0 Å². The third-order valence-corrected chi connectivity index (χ3v) is 4.25. The van der Waals surface area contributed by atoms with Crippen LogP contribution >= 0.6 is 0 Å². The van der Waals surface area contributed by atoms with Gasteiger partial charge in [0.2, 0.25) is 0 Å². The van der Waals surface area contributed by atoms with Crippen molar-refractivity contribution >= 4 is 12.6 Å². The Morgan fingerprint density at radius 2 is 1.80 bits per heavy atom. The van der Waals surface area contributed by atoms with Gasteiger partial charge in [-0.2, -0.15) is 0 Å². The van der Waals surface area contributed by atoms with Crippen molar-refractivity contribution in [1.82, 2.24) is 0 Å². The van der Waals surface area contributed by atoms with Gasteiger partial charge >= 0.3 is 7.12 Å². The van der Waals surface area contributed by atoms with Crippen molar-refractivity contribution in [2.45, 2.75) is 46.6 Å². The van der Waals surface area contributed by atoms with Gasteiger partial charge in [-0.1, -0.05) is 32.9 Å². The van der Waals surface area contributed by atoms with E-state index in [0.29, 0.717) is 6.61 Å². The topological polar surface area (TPSA) is 27.7 Å². The standard InChI is InChI=1S/C16H25BO3/c1-6-11-18-14-9-7-13(8-10-14)17-19-12-15(2,3)16(4,5)20-17/h7-10H,6,11-12H2,1-5H3. The number of benzene rings is 1. The molecule has 0 atom stereocenters. The van der Waals surface area contributed by atoms with Crippen molar-refractivity contribution < 1.29 is 14.0 Å². The fraction of sp³-hybridized carbons (Fsp3) is 0.625. The Morgan fingerprint density at radius 1 is 1.15 bits per heavy atom. The summed E-state index contributed by atoms with van der Waals surface area (Å²) in [5.41, 5.74) is 0.832. The zero-order chi connectivity index (χ0) is 14.8. The number of ether oxygens (including phenoxy) is 1. The molecule has 1 aromatic carbocycles. The van der Waals surface area contributed by atoms with Crippen molar-refractivity contribution in [3.8, 4) is 5.75 Å². The molecular weight excluding hydrogens is 251 g/mol. The molecule has 0 N–H and O–H groups in total. The minimum Gasteiger partial charge on any atom is -0.494 e. The molecule has 1 fully saturated rings. The lowest BCUT2D eigenvalue weighted by atomic mass is 9.69. The molecule has 3 nitrogen and oxygen atoms in total. The molecule has 1 aromatic rings. The molecule has 1 aliphatic heterocycles. The van der Waals surface area contributed by atoms with Crippen LogP contribution in [-0.2, 0) is 9.31 Å². The number of hydrogen-bond donors (Lipinski definition) is 0. The van der Waals surface area contributed by atoms with Crippen molar-refractivity contribution in [1.29, 1.82) is 0 Å². The third kappa shape index (κ3) is 3.18. The van der Waals surface area contributed by atoms with Gasteiger partial charge < -0.3 is 14.0 Å². The predicted molar refractivity (Wildman–Crippen MR) is 82.5 cm³/mol. The average molecular weight is 276 g/mol. The van der Waals surface area contributed by atoms with E-state index in [1.54, 1.807) is 0 Å². The summed E-state index contributed by atoms with van der Waals surface area (Å²) in [6.07, 6.45) is 1.01. The summed E-state index contributed by atoms with van der Waals surface area (Å²) in [6, 6.07) is 7.99. The normalized spacial score (nSPS) is 20.8. The second-order valence-corrected chi connectivity index (χ2v) is 6.57.